The summed E-state index contributed by atoms with van der Waals surface area (Å²) in [5.41, 5.74) is 1.33. The van der Waals surface area contributed by atoms with E-state index in [-0.39, 0.29) is 0 Å². The van der Waals surface area contributed by atoms with E-state index >= 15 is 0 Å². The Bertz CT molecular complexity index is 348. The fraction of sp³-hybridized carbons (Fsp3) is 0.667. The SMILES string of the molecule is CC(=O)C1CCC(c2cnn(C)c2)CC1. The molecule has 1 saturated carbocycles. The molecule has 1 heterocycles. The minimum atomic E-state index is 0.318. The third kappa shape index (κ3) is 2.28. The first kappa shape index (κ1) is 10.4. The molecular weight excluding hydrogens is 188 g/mol. The average molecular weight is 206 g/mol. The van der Waals surface area contributed by atoms with Gasteiger partial charge in [0.05, 0.1) is 6.20 Å². The fourth-order valence-electron chi connectivity index (χ4n) is 2.48. The minimum Gasteiger partial charge on any atom is -0.300 e. The van der Waals surface area contributed by atoms with Crippen molar-refractivity contribution in [3.63, 3.8) is 0 Å². The molecule has 0 N–H and O–H groups in total. The second-order valence-electron chi connectivity index (χ2n) is 4.61. The Morgan fingerprint density at radius 1 is 1.40 bits per heavy atom. The monoisotopic (exact) mass is 206 g/mol. The molecule has 3 nitrogen and oxygen atoms in total. The van der Waals surface area contributed by atoms with E-state index < -0.39 is 0 Å². The number of aryl methyl sites for hydroxylation is 1. The molecular formula is C12H18N2O. The summed E-state index contributed by atoms with van der Waals surface area (Å²) < 4.78 is 1.85. The third-order valence-electron chi connectivity index (χ3n) is 3.50. The maximum atomic E-state index is 11.2. The fourth-order valence-corrected chi connectivity index (χ4v) is 2.48. The van der Waals surface area contributed by atoms with Crippen LogP contribution in [-0.2, 0) is 11.8 Å². The Hall–Kier alpha value is -1.12. The lowest BCUT2D eigenvalue weighted by Gasteiger charge is -2.26. The number of Topliss-reactive ketones (excluding diaryl/α,β-unsaturated/α-hetero) is 1. The lowest BCUT2D eigenvalue weighted by Crippen LogP contribution is -2.18. The van der Waals surface area contributed by atoms with Gasteiger partial charge in [-0.15, -0.1) is 0 Å². The molecule has 0 radical (unpaired) electrons. The van der Waals surface area contributed by atoms with Gasteiger partial charge in [0.15, 0.2) is 0 Å². The van der Waals surface area contributed by atoms with Crippen molar-refractivity contribution in [2.75, 3.05) is 0 Å². The van der Waals surface area contributed by atoms with Gasteiger partial charge in [0, 0.05) is 19.2 Å². The molecule has 1 aromatic heterocycles. The third-order valence-corrected chi connectivity index (χ3v) is 3.50. The van der Waals surface area contributed by atoms with E-state index in [1.165, 1.54) is 5.56 Å². The Balaban J connectivity index is 1.96. The summed E-state index contributed by atoms with van der Waals surface area (Å²) in [7, 11) is 1.95. The molecule has 0 atom stereocenters. The topological polar surface area (TPSA) is 34.9 Å². The largest absolute Gasteiger partial charge is 0.300 e. The number of hydrogen-bond acceptors (Lipinski definition) is 2. The maximum Gasteiger partial charge on any atom is 0.132 e. The van der Waals surface area contributed by atoms with Gasteiger partial charge in [-0.2, -0.15) is 5.10 Å². The average Bonchev–Trinajstić information content (AvgIpc) is 2.65. The number of nitrogens with zero attached hydrogens (tertiary/aromatic N) is 2. The van der Waals surface area contributed by atoms with Gasteiger partial charge in [-0.25, -0.2) is 0 Å². The highest BCUT2D eigenvalue weighted by molar-refractivity contribution is 5.78. The summed E-state index contributed by atoms with van der Waals surface area (Å²) in [5.74, 6) is 1.30. The van der Waals surface area contributed by atoms with Crippen molar-refractivity contribution in [1.82, 2.24) is 9.78 Å². The summed E-state index contributed by atoms with van der Waals surface area (Å²) in [4.78, 5) is 11.2. The normalized spacial score (nSPS) is 26.5. The summed E-state index contributed by atoms with van der Waals surface area (Å²) in [6.07, 6.45) is 8.42. The molecule has 15 heavy (non-hydrogen) atoms. The van der Waals surface area contributed by atoms with Crippen molar-refractivity contribution in [2.45, 2.75) is 38.5 Å². The van der Waals surface area contributed by atoms with Crippen molar-refractivity contribution in [3.8, 4) is 0 Å². The van der Waals surface area contributed by atoms with Crippen molar-refractivity contribution < 1.29 is 4.79 Å². The van der Waals surface area contributed by atoms with Gasteiger partial charge >= 0.3 is 0 Å². The molecule has 1 aliphatic rings. The zero-order valence-corrected chi connectivity index (χ0v) is 9.44. The van der Waals surface area contributed by atoms with E-state index in [0.717, 1.165) is 25.7 Å². The van der Waals surface area contributed by atoms with E-state index in [4.69, 9.17) is 0 Å². The molecule has 0 amide bonds. The highest BCUT2D eigenvalue weighted by Gasteiger charge is 2.25. The Kier molecular flexibility index (Phi) is 2.89. The van der Waals surface area contributed by atoms with Gasteiger partial charge < -0.3 is 0 Å². The zero-order valence-electron chi connectivity index (χ0n) is 9.44. The summed E-state index contributed by atoms with van der Waals surface area (Å²) in [5, 5.41) is 4.20. The van der Waals surface area contributed by atoms with Crippen LogP contribution in [0.4, 0.5) is 0 Å². The van der Waals surface area contributed by atoms with E-state index in [2.05, 4.69) is 11.3 Å². The number of hydrogen-bond donors (Lipinski definition) is 0. The number of carbonyl (C=O) groups is 1. The van der Waals surface area contributed by atoms with Crippen molar-refractivity contribution in [3.05, 3.63) is 18.0 Å². The Morgan fingerprint density at radius 2 is 2.07 bits per heavy atom. The van der Waals surface area contributed by atoms with E-state index in [1.807, 2.05) is 17.9 Å². The number of rotatable bonds is 2. The second kappa shape index (κ2) is 4.17. The maximum absolute atomic E-state index is 11.2. The first-order chi connectivity index (χ1) is 7.16. The molecule has 0 spiro atoms. The predicted molar refractivity (Wildman–Crippen MR) is 58.6 cm³/mol. The number of ketones is 1. The van der Waals surface area contributed by atoms with Crippen LogP contribution in [0.5, 0.6) is 0 Å². The highest BCUT2D eigenvalue weighted by Crippen LogP contribution is 2.35. The number of carbonyl (C=O) groups excluding carboxylic acids is 1. The predicted octanol–water partition coefficient (Wildman–Crippen LogP) is 2.28. The molecule has 1 fully saturated rings. The van der Waals surface area contributed by atoms with Gasteiger partial charge in [-0.3, -0.25) is 9.48 Å². The van der Waals surface area contributed by atoms with Crippen LogP contribution in [0.25, 0.3) is 0 Å². The first-order valence-electron chi connectivity index (χ1n) is 5.66. The van der Waals surface area contributed by atoms with Gasteiger partial charge in [-0.1, -0.05) is 0 Å². The van der Waals surface area contributed by atoms with Crippen LogP contribution in [0.15, 0.2) is 12.4 Å². The zero-order chi connectivity index (χ0) is 10.8. The lowest BCUT2D eigenvalue weighted by atomic mass is 9.78. The van der Waals surface area contributed by atoms with Crippen molar-refractivity contribution >= 4 is 5.78 Å². The molecule has 82 valence electrons. The van der Waals surface area contributed by atoms with Gasteiger partial charge in [0.1, 0.15) is 5.78 Å². The standard InChI is InChI=1S/C12H18N2O/c1-9(15)10-3-5-11(6-4-10)12-7-13-14(2)8-12/h7-8,10-11H,3-6H2,1-2H3. The summed E-state index contributed by atoms with van der Waals surface area (Å²) in [6, 6.07) is 0. The molecule has 0 unspecified atom stereocenters. The first-order valence-corrected chi connectivity index (χ1v) is 5.66. The summed E-state index contributed by atoms with van der Waals surface area (Å²) >= 11 is 0. The molecule has 0 saturated heterocycles. The van der Waals surface area contributed by atoms with Crippen LogP contribution in [0.2, 0.25) is 0 Å². The Labute approximate surface area is 90.5 Å². The molecule has 1 aliphatic carbocycles. The van der Waals surface area contributed by atoms with Crippen LogP contribution < -0.4 is 0 Å². The van der Waals surface area contributed by atoms with E-state index in [0.29, 0.717) is 17.6 Å². The van der Waals surface area contributed by atoms with Gasteiger partial charge in [-0.05, 0) is 44.1 Å². The highest BCUT2D eigenvalue weighted by atomic mass is 16.1. The van der Waals surface area contributed by atoms with Crippen LogP contribution in [-0.4, -0.2) is 15.6 Å². The smallest absolute Gasteiger partial charge is 0.132 e. The van der Waals surface area contributed by atoms with E-state index in [1.54, 1.807) is 6.92 Å². The second-order valence-corrected chi connectivity index (χ2v) is 4.61. The molecule has 0 bridgehead atoms. The van der Waals surface area contributed by atoms with Gasteiger partial charge in [0.25, 0.3) is 0 Å². The van der Waals surface area contributed by atoms with Crippen molar-refractivity contribution in [2.24, 2.45) is 13.0 Å². The number of aromatic nitrogens is 2. The molecule has 2 rings (SSSR count). The lowest BCUT2D eigenvalue weighted by molar-refractivity contribution is -0.121. The molecule has 3 heteroatoms. The molecule has 1 aromatic rings. The van der Waals surface area contributed by atoms with Crippen molar-refractivity contribution in [1.29, 1.82) is 0 Å². The van der Waals surface area contributed by atoms with Crippen LogP contribution in [0.1, 0.15) is 44.1 Å². The minimum absolute atomic E-state index is 0.318. The van der Waals surface area contributed by atoms with E-state index in [9.17, 15) is 4.79 Å². The molecule has 0 aromatic carbocycles. The quantitative estimate of drug-likeness (QED) is 0.744. The molecule has 0 aliphatic heterocycles. The van der Waals surface area contributed by atoms with Crippen LogP contribution >= 0.6 is 0 Å². The van der Waals surface area contributed by atoms with Gasteiger partial charge in [0.2, 0.25) is 0 Å². The van der Waals surface area contributed by atoms with Crippen LogP contribution in [0.3, 0.4) is 0 Å². The van der Waals surface area contributed by atoms with Crippen LogP contribution in [0, 0.1) is 5.92 Å². The Morgan fingerprint density at radius 3 is 2.53 bits per heavy atom. The summed E-state index contributed by atoms with van der Waals surface area (Å²) in [6.45, 7) is 1.72.